The van der Waals surface area contributed by atoms with Crippen molar-refractivity contribution in [2.75, 3.05) is 6.26 Å². The largest absolute Gasteiger partial charge is 0.480 e. The standard InChI is InChI=1S/C15H21NO5S/c1-3-4-5-13(15(18)19)16-14(17)12-8-6-11(7-9-12)10-22(2,20)21/h6-9,13H,3-5,10H2,1-2H3,(H,16,17)(H,18,19). The summed E-state index contributed by atoms with van der Waals surface area (Å²) in [7, 11) is -3.13. The third-order valence-corrected chi connectivity index (χ3v) is 3.95. The Morgan fingerprint density at radius 3 is 2.27 bits per heavy atom. The number of unbranched alkanes of at least 4 members (excludes halogenated alkanes) is 1. The molecule has 0 spiro atoms. The topological polar surface area (TPSA) is 101 Å². The van der Waals surface area contributed by atoms with E-state index < -0.39 is 27.8 Å². The lowest BCUT2D eigenvalue weighted by atomic mass is 10.1. The zero-order chi connectivity index (χ0) is 16.8. The van der Waals surface area contributed by atoms with E-state index in [9.17, 15) is 18.0 Å². The predicted octanol–water partition coefficient (Wildman–Crippen LogP) is 1.60. The maximum atomic E-state index is 12.0. The van der Waals surface area contributed by atoms with Crippen LogP contribution in [0.1, 0.15) is 42.1 Å². The van der Waals surface area contributed by atoms with Crippen molar-refractivity contribution in [2.45, 2.75) is 38.0 Å². The molecule has 0 saturated carbocycles. The summed E-state index contributed by atoms with van der Waals surface area (Å²) >= 11 is 0. The zero-order valence-electron chi connectivity index (χ0n) is 12.7. The number of hydrogen-bond acceptors (Lipinski definition) is 4. The lowest BCUT2D eigenvalue weighted by Crippen LogP contribution is -2.40. The van der Waals surface area contributed by atoms with Crippen LogP contribution in [-0.2, 0) is 20.4 Å². The van der Waals surface area contributed by atoms with Gasteiger partial charge in [0.05, 0.1) is 5.75 Å². The van der Waals surface area contributed by atoms with Crippen molar-refractivity contribution in [2.24, 2.45) is 0 Å². The highest BCUT2D eigenvalue weighted by Gasteiger charge is 2.20. The van der Waals surface area contributed by atoms with E-state index >= 15 is 0 Å². The van der Waals surface area contributed by atoms with E-state index in [0.717, 1.165) is 12.7 Å². The summed E-state index contributed by atoms with van der Waals surface area (Å²) in [6.45, 7) is 1.95. The maximum Gasteiger partial charge on any atom is 0.326 e. The van der Waals surface area contributed by atoms with Gasteiger partial charge in [-0.1, -0.05) is 31.9 Å². The molecule has 0 aliphatic rings. The van der Waals surface area contributed by atoms with Crippen LogP contribution in [0.2, 0.25) is 0 Å². The Hall–Kier alpha value is -1.89. The first-order valence-corrected chi connectivity index (χ1v) is 9.09. The van der Waals surface area contributed by atoms with Gasteiger partial charge in [-0.05, 0) is 24.1 Å². The van der Waals surface area contributed by atoms with Crippen molar-refractivity contribution >= 4 is 21.7 Å². The summed E-state index contributed by atoms with van der Waals surface area (Å²) < 4.78 is 22.4. The van der Waals surface area contributed by atoms with Gasteiger partial charge < -0.3 is 10.4 Å². The molecular weight excluding hydrogens is 306 g/mol. The fourth-order valence-corrected chi connectivity index (χ4v) is 2.76. The molecular formula is C15H21NO5S. The van der Waals surface area contributed by atoms with Crippen LogP contribution in [0.25, 0.3) is 0 Å². The highest BCUT2D eigenvalue weighted by atomic mass is 32.2. The van der Waals surface area contributed by atoms with Crippen LogP contribution in [0, 0.1) is 0 Å². The molecule has 0 heterocycles. The van der Waals surface area contributed by atoms with E-state index in [0.29, 0.717) is 24.0 Å². The monoisotopic (exact) mass is 327 g/mol. The normalized spacial score (nSPS) is 12.6. The second-order valence-corrected chi connectivity index (χ2v) is 7.41. The van der Waals surface area contributed by atoms with Crippen molar-refractivity contribution in [1.82, 2.24) is 5.32 Å². The molecule has 7 heteroatoms. The minimum absolute atomic E-state index is 0.0941. The lowest BCUT2D eigenvalue weighted by Gasteiger charge is -2.14. The molecule has 0 radical (unpaired) electrons. The zero-order valence-corrected chi connectivity index (χ0v) is 13.5. The Kier molecular flexibility index (Phi) is 6.55. The Balaban J connectivity index is 2.74. The molecule has 0 fully saturated rings. The van der Waals surface area contributed by atoms with Gasteiger partial charge in [-0.25, -0.2) is 13.2 Å². The van der Waals surface area contributed by atoms with Crippen LogP contribution in [0.15, 0.2) is 24.3 Å². The molecule has 1 atom stereocenters. The molecule has 122 valence electrons. The number of carbonyl (C=O) groups is 2. The second-order valence-electron chi connectivity index (χ2n) is 5.27. The van der Waals surface area contributed by atoms with Crippen molar-refractivity contribution in [3.05, 3.63) is 35.4 Å². The first-order valence-electron chi connectivity index (χ1n) is 7.03. The summed E-state index contributed by atoms with van der Waals surface area (Å²) in [5.41, 5.74) is 0.889. The van der Waals surface area contributed by atoms with Crippen LogP contribution >= 0.6 is 0 Å². The Bertz CT molecular complexity index is 622. The average Bonchev–Trinajstić information content (AvgIpc) is 2.42. The summed E-state index contributed by atoms with van der Waals surface area (Å²) in [6.07, 6.45) is 3.08. The molecule has 1 aromatic rings. The van der Waals surface area contributed by atoms with E-state index in [1.807, 2.05) is 6.92 Å². The fourth-order valence-electron chi connectivity index (χ4n) is 1.96. The van der Waals surface area contributed by atoms with Gasteiger partial charge in [0.25, 0.3) is 5.91 Å². The molecule has 1 rings (SSSR count). The Morgan fingerprint density at radius 2 is 1.82 bits per heavy atom. The number of sulfone groups is 1. The minimum atomic E-state index is -3.13. The van der Waals surface area contributed by atoms with Gasteiger partial charge in [-0.15, -0.1) is 0 Å². The molecule has 0 aromatic heterocycles. The van der Waals surface area contributed by atoms with Gasteiger partial charge in [0.1, 0.15) is 6.04 Å². The second kappa shape index (κ2) is 7.93. The quantitative estimate of drug-likeness (QED) is 0.755. The van der Waals surface area contributed by atoms with Crippen LogP contribution in [0.4, 0.5) is 0 Å². The van der Waals surface area contributed by atoms with Gasteiger partial charge in [0.15, 0.2) is 9.84 Å². The van der Waals surface area contributed by atoms with E-state index in [-0.39, 0.29) is 5.75 Å². The predicted molar refractivity (Wildman–Crippen MR) is 83.4 cm³/mol. The molecule has 22 heavy (non-hydrogen) atoms. The molecule has 2 N–H and O–H groups in total. The molecule has 1 aromatic carbocycles. The van der Waals surface area contributed by atoms with Crippen molar-refractivity contribution in [3.63, 3.8) is 0 Å². The maximum absolute atomic E-state index is 12.0. The molecule has 1 amide bonds. The van der Waals surface area contributed by atoms with Crippen LogP contribution in [-0.4, -0.2) is 37.7 Å². The third-order valence-electron chi connectivity index (χ3n) is 3.09. The smallest absolute Gasteiger partial charge is 0.326 e. The summed E-state index contributed by atoms with van der Waals surface area (Å²) in [5, 5.41) is 11.6. The number of carbonyl (C=O) groups excluding carboxylic acids is 1. The number of carboxylic acid groups (broad SMARTS) is 1. The van der Waals surface area contributed by atoms with E-state index in [4.69, 9.17) is 5.11 Å². The van der Waals surface area contributed by atoms with E-state index in [1.165, 1.54) is 12.1 Å². The van der Waals surface area contributed by atoms with Crippen LogP contribution < -0.4 is 5.32 Å². The average molecular weight is 327 g/mol. The molecule has 6 nitrogen and oxygen atoms in total. The van der Waals surface area contributed by atoms with Crippen LogP contribution in [0.5, 0.6) is 0 Å². The first-order chi connectivity index (χ1) is 10.2. The number of benzene rings is 1. The number of nitrogens with one attached hydrogen (secondary N) is 1. The Morgan fingerprint density at radius 1 is 1.23 bits per heavy atom. The van der Waals surface area contributed by atoms with Gasteiger partial charge in [-0.3, -0.25) is 4.79 Å². The number of aliphatic carboxylic acids is 1. The number of hydrogen-bond donors (Lipinski definition) is 2. The lowest BCUT2D eigenvalue weighted by molar-refractivity contribution is -0.139. The van der Waals surface area contributed by atoms with Crippen LogP contribution in [0.3, 0.4) is 0 Å². The SMILES string of the molecule is CCCCC(NC(=O)c1ccc(CS(C)(=O)=O)cc1)C(=O)O. The van der Waals surface area contributed by atoms with Crippen molar-refractivity contribution in [3.8, 4) is 0 Å². The van der Waals surface area contributed by atoms with Crippen molar-refractivity contribution < 1.29 is 23.1 Å². The van der Waals surface area contributed by atoms with Gasteiger partial charge in [0.2, 0.25) is 0 Å². The van der Waals surface area contributed by atoms with E-state index in [1.54, 1.807) is 12.1 Å². The highest BCUT2D eigenvalue weighted by molar-refractivity contribution is 7.89. The first kappa shape index (κ1) is 18.2. The minimum Gasteiger partial charge on any atom is -0.480 e. The fraction of sp³-hybridized carbons (Fsp3) is 0.467. The number of carboxylic acids is 1. The summed E-state index contributed by atoms with van der Waals surface area (Å²) in [6, 6.07) is 5.18. The van der Waals surface area contributed by atoms with Gasteiger partial charge in [-0.2, -0.15) is 0 Å². The molecule has 0 aliphatic heterocycles. The van der Waals surface area contributed by atoms with E-state index in [2.05, 4.69) is 5.32 Å². The number of rotatable bonds is 8. The van der Waals surface area contributed by atoms with Gasteiger partial charge >= 0.3 is 5.97 Å². The molecule has 0 saturated heterocycles. The Labute approximate surface area is 130 Å². The molecule has 1 unspecified atom stereocenters. The summed E-state index contributed by atoms with van der Waals surface area (Å²) in [5.74, 6) is -1.63. The highest BCUT2D eigenvalue weighted by Crippen LogP contribution is 2.09. The van der Waals surface area contributed by atoms with Crippen molar-refractivity contribution in [1.29, 1.82) is 0 Å². The van der Waals surface area contributed by atoms with Gasteiger partial charge in [0, 0.05) is 11.8 Å². The molecule has 0 bridgehead atoms. The summed E-state index contributed by atoms with van der Waals surface area (Å²) in [4.78, 5) is 23.1. The molecule has 0 aliphatic carbocycles. The third kappa shape index (κ3) is 6.26. The number of amides is 1.